The standard InChI is InChI=1S/C10H10F3NO3/c1-7-2-3-8(14(15)16)9(6-7)17-5-4-10(11,12)13/h2-3,6H,4-5H2,1H3. The lowest BCUT2D eigenvalue weighted by Crippen LogP contribution is -2.13. The van der Waals surface area contributed by atoms with Crippen LogP contribution in [0, 0.1) is 17.0 Å². The second-order valence-corrected chi connectivity index (χ2v) is 3.44. The summed E-state index contributed by atoms with van der Waals surface area (Å²) in [5, 5.41) is 10.6. The van der Waals surface area contributed by atoms with Crippen molar-refractivity contribution >= 4 is 5.69 Å². The van der Waals surface area contributed by atoms with Gasteiger partial charge in [0.05, 0.1) is 18.0 Å². The normalized spacial score (nSPS) is 11.3. The van der Waals surface area contributed by atoms with Crippen molar-refractivity contribution in [1.29, 1.82) is 0 Å². The van der Waals surface area contributed by atoms with Crippen molar-refractivity contribution in [3.63, 3.8) is 0 Å². The summed E-state index contributed by atoms with van der Waals surface area (Å²) in [4.78, 5) is 9.90. The minimum absolute atomic E-state index is 0.140. The van der Waals surface area contributed by atoms with Gasteiger partial charge >= 0.3 is 11.9 Å². The Morgan fingerprint density at radius 2 is 2.06 bits per heavy atom. The number of rotatable bonds is 4. The third-order valence-electron chi connectivity index (χ3n) is 1.96. The number of aryl methyl sites for hydroxylation is 1. The van der Waals surface area contributed by atoms with E-state index in [-0.39, 0.29) is 11.4 Å². The molecule has 0 unspecified atom stereocenters. The number of ether oxygens (including phenoxy) is 1. The van der Waals surface area contributed by atoms with Gasteiger partial charge in [-0.25, -0.2) is 0 Å². The average Bonchev–Trinajstić information content (AvgIpc) is 2.15. The molecule has 0 saturated heterocycles. The molecule has 0 aromatic heterocycles. The van der Waals surface area contributed by atoms with Crippen molar-refractivity contribution in [2.24, 2.45) is 0 Å². The van der Waals surface area contributed by atoms with Crippen molar-refractivity contribution in [1.82, 2.24) is 0 Å². The number of benzene rings is 1. The molecule has 0 aliphatic heterocycles. The van der Waals surface area contributed by atoms with Crippen LogP contribution in [-0.4, -0.2) is 17.7 Å². The maximum absolute atomic E-state index is 11.9. The molecule has 0 N–H and O–H groups in total. The summed E-state index contributed by atoms with van der Waals surface area (Å²) in [6.07, 6.45) is -5.48. The first-order chi connectivity index (χ1) is 7.79. The van der Waals surface area contributed by atoms with E-state index < -0.39 is 24.1 Å². The van der Waals surface area contributed by atoms with E-state index in [1.807, 2.05) is 0 Å². The van der Waals surface area contributed by atoms with Gasteiger partial charge in [-0.2, -0.15) is 13.2 Å². The van der Waals surface area contributed by atoms with E-state index in [1.54, 1.807) is 6.92 Å². The van der Waals surface area contributed by atoms with E-state index in [4.69, 9.17) is 4.74 Å². The Morgan fingerprint density at radius 1 is 1.41 bits per heavy atom. The Labute approximate surface area is 95.2 Å². The predicted molar refractivity (Wildman–Crippen MR) is 54.0 cm³/mol. The molecule has 4 nitrogen and oxygen atoms in total. The Morgan fingerprint density at radius 3 is 2.59 bits per heavy atom. The lowest BCUT2D eigenvalue weighted by atomic mass is 10.2. The number of nitro groups is 1. The highest BCUT2D eigenvalue weighted by Crippen LogP contribution is 2.28. The highest BCUT2D eigenvalue weighted by atomic mass is 19.4. The van der Waals surface area contributed by atoms with E-state index in [1.165, 1.54) is 18.2 Å². The van der Waals surface area contributed by atoms with Gasteiger partial charge < -0.3 is 4.74 Å². The number of halogens is 3. The maximum Gasteiger partial charge on any atom is 0.392 e. The van der Waals surface area contributed by atoms with Crippen molar-refractivity contribution in [3.05, 3.63) is 33.9 Å². The summed E-state index contributed by atoms with van der Waals surface area (Å²) in [7, 11) is 0. The minimum Gasteiger partial charge on any atom is -0.486 e. The monoisotopic (exact) mass is 249 g/mol. The topological polar surface area (TPSA) is 52.4 Å². The summed E-state index contributed by atoms with van der Waals surface area (Å²) < 4.78 is 40.4. The van der Waals surface area contributed by atoms with Crippen LogP contribution in [0.25, 0.3) is 0 Å². The molecule has 0 fully saturated rings. The van der Waals surface area contributed by atoms with Crippen LogP contribution in [0.1, 0.15) is 12.0 Å². The summed E-state index contributed by atoms with van der Waals surface area (Å²) in [5.41, 5.74) is 0.343. The van der Waals surface area contributed by atoms with E-state index in [2.05, 4.69) is 0 Å². The van der Waals surface area contributed by atoms with Gasteiger partial charge in [-0.05, 0) is 18.6 Å². The largest absolute Gasteiger partial charge is 0.486 e. The molecular formula is C10H10F3NO3. The zero-order chi connectivity index (χ0) is 13.1. The van der Waals surface area contributed by atoms with Crippen molar-refractivity contribution in [3.8, 4) is 5.75 Å². The number of hydrogen-bond donors (Lipinski definition) is 0. The molecule has 0 amide bonds. The SMILES string of the molecule is Cc1ccc([N+](=O)[O-])c(OCCC(F)(F)F)c1. The van der Waals surface area contributed by atoms with Crippen LogP contribution in [0.3, 0.4) is 0 Å². The molecule has 0 bridgehead atoms. The molecule has 1 aromatic carbocycles. The molecule has 0 saturated carbocycles. The van der Waals surface area contributed by atoms with Gasteiger partial charge in [-0.15, -0.1) is 0 Å². The number of hydrogen-bond acceptors (Lipinski definition) is 3. The van der Waals surface area contributed by atoms with Gasteiger partial charge in [0.25, 0.3) is 0 Å². The van der Waals surface area contributed by atoms with Gasteiger partial charge in [-0.1, -0.05) is 6.07 Å². The van der Waals surface area contributed by atoms with Crippen LogP contribution in [-0.2, 0) is 0 Å². The second-order valence-electron chi connectivity index (χ2n) is 3.44. The Hall–Kier alpha value is -1.79. The van der Waals surface area contributed by atoms with E-state index in [0.29, 0.717) is 5.56 Å². The number of alkyl halides is 3. The van der Waals surface area contributed by atoms with E-state index in [9.17, 15) is 23.3 Å². The van der Waals surface area contributed by atoms with Crippen molar-refractivity contribution < 1.29 is 22.8 Å². The van der Waals surface area contributed by atoms with Crippen molar-refractivity contribution in [2.75, 3.05) is 6.61 Å². The zero-order valence-corrected chi connectivity index (χ0v) is 8.95. The third kappa shape index (κ3) is 4.29. The average molecular weight is 249 g/mol. The van der Waals surface area contributed by atoms with Gasteiger partial charge in [0.1, 0.15) is 0 Å². The van der Waals surface area contributed by atoms with Crippen LogP contribution in [0.5, 0.6) is 5.75 Å². The van der Waals surface area contributed by atoms with E-state index in [0.717, 1.165) is 0 Å². The highest BCUT2D eigenvalue weighted by Gasteiger charge is 2.27. The Bertz CT molecular complexity index is 418. The van der Waals surface area contributed by atoms with Crippen LogP contribution < -0.4 is 4.74 Å². The molecule has 1 aromatic rings. The smallest absolute Gasteiger partial charge is 0.392 e. The van der Waals surface area contributed by atoms with Crippen molar-refractivity contribution in [2.45, 2.75) is 19.5 Å². The fourth-order valence-corrected chi connectivity index (χ4v) is 1.16. The van der Waals surface area contributed by atoms with Gasteiger partial charge in [0.2, 0.25) is 0 Å². The summed E-state index contributed by atoms with van der Waals surface area (Å²) in [5.74, 6) is -0.140. The zero-order valence-electron chi connectivity index (χ0n) is 8.95. The summed E-state index contributed by atoms with van der Waals surface area (Å²) >= 11 is 0. The quantitative estimate of drug-likeness (QED) is 0.608. The molecule has 0 atom stereocenters. The molecule has 94 valence electrons. The summed E-state index contributed by atoms with van der Waals surface area (Å²) in [6, 6.07) is 4.04. The Balaban J connectivity index is 2.75. The molecule has 0 heterocycles. The first-order valence-electron chi connectivity index (χ1n) is 4.74. The lowest BCUT2D eigenvalue weighted by Gasteiger charge is -2.09. The molecule has 0 aliphatic carbocycles. The number of nitro benzene ring substituents is 1. The molecule has 7 heteroatoms. The molecule has 0 radical (unpaired) electrons. The van der Waals surface area contributed by atoms with Gasteiger partial charge in [0.15, 0.2) is 5.75 Å². The number of nitrogens with zero attached hydrogens (tertiary/aromatic N) is 1. The van der Waals surface area contributed by atoms with Crippen LogP contribution in [0.15, 0.2) is 18.2 Å². The molecule has 1 rings (SSSR count). The van der Waals surface area contributed by atoms with E-state index >= 15 is 0 Å². The first kappa shape index (κ1) is 13.3. The maximum atomic E-state index is 11.9. The predicted octanol–water partition coefficient (Wildman–Crippen LogP) is 3.23. The molecule has 0 spiro atoms. The molecule has 0 aliphatic rings. The molecule has 17 heavy (non-hydrogen) atoms. The van der Waals surface area contributed by atoms with Gasteiger partial charge in [-0.3, -0.25) is 10.1 Å². The van der Waals surface area contributed by atoms with Crippen LogP contribution in [0.2, 0.25) is 0 Å². The fourth-order valence-electron chi connectivity index (χ4n) is 1.16. The van der Waals surface area contributed by atoms with Gasteiger partial charge in [0, 0.05) is 6.07 Å². The fraction of sp³-hybridized carbons (Fsp3) is 0.400. The highest BCUT2D eigenvalue weighted by molar-refractivity contribution is 5.48. The first-order valence-corrected chi connectivity index (χ1v) is 4.74. The van der Waals surface area contributed by atoms with Crippen LogP contribution >= 0.6 is 0 Å². The summed E-state index contributed by atoms with van der Waals surface area (Å²) in [6.45, 7) is 1.04. The molecular weight excluding hydrogens is 239 g/mol. The van der Waals surface area contributed by atoms with Crippen LogP contribution in [0.4, 0.5) is 18.9 Å². The Kier molecular flexibility index (Phi) is 3.93. The second kappa shape index (κ2) is 5.03. The third-order valence-corrected chi connectivity index (χ3v) is 1.96. The minimum atomic E-state index is -4.33. The lowest BCUT2D eigenvalue weighted by molar-refractivity contribution is -0.385.